The van der Waals surface area contributed by atoms with Crippen molar-refractivity contribution in [1.82, 2.24) is 15.5 Å². The second-order valence-corrected chi connectivity index (χ2v) is 7.88. The molecular weight excluding hydrogens is 418 g/mol. The second-order valence-electron chi connectivity index (χ2n) is 7.33. The molecule has 12 heteroatoms. The third-order valence-electron chi connectivity index (χ3n) is 5.15. The molecule has 5 atom stereocenters. The summed E-state index contributed by atoms with van der Waals surface area (Å²) in [4.78, 5) is 34.7. The van der Waals surface area contributed by atoms with Crippen molar-refractivity contribution in [1.29, 1.82) is 0 Å². The lowest BCUT2D eigenvalue weighted by Gasteiger charge is -2.36. The molecule has 160 valence electrons. The summed E-state index contributed by atoms with van der Waals surface area (Å²) in [5, 5.41) is 33.2. The van der Waals surface area contributed by atoms with E-state index in [1.165, 1.54) is 11.8 Å². The van der Waals surface area contributed by atoms with Gasteiger partial charge in [0.25, 0.3) is 17.1 Å². The number of hydrogen-bond acceptors (Lipinski definition) is 9. The van der Waals surface area contributed by atoms with Crippen molar-refractivity contribution >= 4 is 35.0 Å². The van der Waals surface area contributed by atoms with Gasteiger partial charge in [-0.15, -0.1) is 0 Å². The van der Waals surface area contributed by atoms with Crippen LogP contribution in [0.15, 0.2) is 40.3 Å². The maximum atomic E-state index is 12.5. The highest BCUT2D eigenvalue weighted by molar-refractivity contribution is 6.68. The number of hydrogen-bond donors (Lipinski definition) is 5. The highest BCUT2D eigenvalue weighted by Gasteiger charge is 2.57. The van der Waals surface area contributed by atoms with Gasteiger partial charge in [-0.05, 0) is 30.7 Å². The van der Waals surface area contributed by atoms with Crippen molar-refractivity contribution < 1.29 is 29.6 Å². The number of nitrogens with one attached hydrogen (secondary N) is 2. The van der Waals surface area contributed by atoms with Gasteiger partial charge in [-0.1, -0.05) is 18.2 Å². The number of carbonyl (C=O) groups excluding carboxylic acids is 2. The van der Waals surface area contributed by atoms with Crippen LogP contribution in [0.25, 0.3) is 0 Å². The maximum absolute atomic E-state index is 12.5. The van der Waals surface area contributed by atoms with E-state index in [1.54, 1.807) is 30.3 Å². The molecule has 0 spiro atoms. The molecule has 0 aliphatic carbocycles. The number of halogens is 1. The lowest BCUT2D eigenvalue weighted by molar-refractivity contribution is -0.116. The van der Waals surface area contributed by atoms with E-state index < -0.39 is 47.7 Å². The van der Waals surface area contributed by atoms with Crippen LogP contribution in [0.3, 0.4) is 0 Å². The fraction of sp³-hybridized carbons (Fsp3) is 0.444. The lowest BCUT2D eigenvalue weighted by Crippen LogP contribution is -2.64. The molecule has 0 bridgehead atoms. The topological polar surface area (TPSA) is 156 Å². The zero-order valence-electron chi connectivity index (χ0n) is 15.8. The molecule has 0 unspecified atom stereocenters. The zero-order valence-corrected chi connectivity index (χ0v) is 16.6. The van der Waals surface area contributed by atoms with Crippen LogP contribution in [0.5, 0.6) is 0 Å². The Bertz CT molecular complexity index is 938. The Labute approximate surface area is 176 Å². The number of carbonyl (C=O) groups is 2. The quantitative estimate of drug-likeness (QED) is 0.279. The summed E-state index contributed by atoms with van der Waals surface area (Å²) in [5.74, 6) is -1.26. The van der Waals surface area contributed by atoms with Crippen LogP contribution in [0, 0.1) is 0 Å². The Morgan fingerprint density at radius 1 is 1.43 bits per heavy atom. The molecule has 1 fully saturated rings. The van der Waals surface area contributed by atoms with Crippen LogP contribution in [-0.2, 0) is 9.53 Å². The molecule has 30 heavy (non-hydrogen) atoms. The van der Waals surface area contributed by atoms with Gasteiger partial charge in [-0.2, -0.15) is 0 Å². The zero-order chi connectivity index (χ0) is 21.7. The predicted molar refractivity (Wildman–Crippen MR) is 105 cm³/mol. The van der Waals surface area contributed by atoms with E-state index in [0.29, 0.717) is 5.56 Å². The van der Waals surface area contributed by atoms with Crippen molar-refractivity contribution in [3.8, 4) is 0 Å². The first-order valence-corrected chi connectivity index (χ1v) is 9.51. The Morgan fingerprint density at radius 3 is 2.77 bits per heavy atom. The van der Waals surface area contributed by atoms with Crippen LogP contribution in [0.1, 0.15) is 17.3 Å². The van der Waals surface area contributed by atoms with Crippen LogP contribution in [-0.4, -0.2) is 86.1 Å². The van der Waals surface area contributed by atoms with E-state index in [0.717, 1.165) is 0 Å². The molecule has 5 N–H and O–H groups in total. The van der Waals surface area contributed by atoms with Crippen LogP contribution >= 0.6 is 11.6 Å². The Morgan fingerprint density at radius 2 is 2.13 bits per heavy atom. The monoisotopic (exact) mass is 437 g/mol. The van der Waals surface area contributed by atoms with Crippen molar-refractivity contribution in [2.75, 3.05) is 13.3 Å². The molecule has 4 rings (SSSR count). The summed E-state index contributed by atoms with van der Waals surface area (Å²) >= 11 is 6.38. The van der Waals surface area contributed by atoms with Gasteiger partial charge in [0.05, 0.1) is 6.61 Å². The van der Waals surface area contributed by atoms with Gasteiger partial charge in [0.15, 0.2) is 17.8 Å². The summed E-state index contributed by atoms with van der Waals surface area (Å²) in [7, 11) is 0. The average molecular weight is 438 g/mol. The van der Waals surface area contributed by atoms with Gasteiger partial charge >= 0.3 is 0 Å². The number of fused-ring (bicyclic) bond motifs is 1. The van der Waals surface area contributed by atoms with E-state index in [4.69, 9.17) is 16.3 Å². The first kappa shape index (κ1) is 20.7. The molecular formula is C18H20ClN5O6. The Hall–Kier alpha value is -2.57. The van der Waals surface area contributed by atoms with E-state index in [2.05, 4.69) is 20.6 Å². The number of ether oxygens (including phenoxy) is 1. The number of aliphatic hydroxyl groups is 3. The summed E-state index contributed by atoms with van der Waals surface area (Å²) in [6.45, 7) is 0.715. The van der Waals surface area contributed by atoms with Crippen LogP contribution < -0.4 is 10.6 Å². The third-order valence-corrected chi connectivity index (χ3v) is 5.43. The van der Waals surface area contributed by atoms with Crippen LogP contribution in [0.2, 0.25) is 0 Å². The second kappa shape index (κ2) is 7.29. The highest BCUT2D eigenvalue weighted by Crippen LogP contribution is 2.35. The number of alkyl halides is 1. The molecule has 3 aliphatic rings. The molecule has 1 aromatic carbocycles. The van der Waals surface area contributed by atoms with E-state index in [9.17, 15) is 24.9 Å². The maximum Gasteiger partial charge on any atom is 0.293 e. The van der Waals surface area contributed by atoms with E-state index >= 15 is 0 Å². The van der Waals surface area contributed by atoms with Crippen molar-refractivity contribution in [2.45, 2.75) is 36.2 Å². The van der Waals surface area contributed by atoms with Crippen LogP contribution in [0.4, 0.5) is 0 Å². The predicted octanol–water partition coefficient (Wildman–Crippen LogP) is -1.66. The third kappa shape index (κ3) is 3.34. The standard InChI is InChI=1S/C18H20ClN5O6/c1-17(29)12(26)10(7-25)30-16(17)24-8-20-11-13(24)21-18(19,23-15(11)28)22-14(27)9-5-3-2-4-6-9/h2-6,10,12,16,25-26,29H,7-8H2,1H3,(H,22,27)(H,23,28)/t10-,12-,16-,17-,18+/m1/s1. The number of amidine groups is 1. The largest absolute Gasteiger partial charge is 0.394 e. The number of aliphatic imine (C=N–C) groups is 2. The molecule has 2 amide bonds. The van der Waals surface area contributed by atoms with Gasteiger partial charge in [0.1, 0.15) is 24.5 Å². The summed E-state index contributed by atoms with van der Waals surface area (Å²) in [5.41, 5.74) is -1.54. The minimum Gasteiger partial charge on any atom is -0.394 e. The molecule has 11 nitrogen and oxygen atoms in total. The van der Waals surface area contributed by atoms with Crippen molar-refractivity contribution in [3.05, 3.63) is 35.9 Å². The normalized spacial score (nSPS) is 35.4. The molecule has 3 heterocycles. The van der Waals surface area contributed by atoms with Gasteiger partial charge in [0, 0.05) is 5.56 Å². The Balaban J connectivity index is 1.63. The molecule has 3 aliphatic heterocycles. The molecule has 1 saturated heterocycles. The fourth-order valence-corrected chi connectivity index (χ4v) is 3.83. The van der Waals surface area contributed by atoms with E-state index in [-0.39, 0.29) is 18.2 Å². The number of nitrogens with zero attached hydrogens (tertiary/aromatic N) is 3. The first-order valence-electron chi connectivity index (χ1n) is 9.13. The fourth-order valence-electron chi connectivity index (χ4n) is 3.58. The summed E-state index contributed by atoms with van der Waals surface area (Å²) in [6.07, 6.45) is -3.58. The number of aliphatic hydroxyl groups excluding tert-OH is 2. The minimum absolute atomic E-state index is 0.0156. The molecule has 0 saturated carbocycles. The SMILES string of the molecule is C[C@@]1(O)[C@H](O)[C@@H](CO)O[C@H]1N1CN=C2C(=O)N[C@](Cl)(NC(=O)c3ccccc3)N=C21. The smallest absolute Gasteiger partial charge is 0.293 e. The van der Waals surface area contributed by atoms with Crippen molar-refractivity contribution in [3.63, 3.8) is 0 Å². The lowest BCUT2D eigenvalue weighted by atomic mass is 9.96. The Kier molecular flexibility index (Phi) is 5.03. The minimum atomic E-state index is -2.00. The first-order chi connectivity index (χ1) is 14.2. The van der Waals surface area contributed by atoms with Gasteiger partial charge in [-0.25, -0.2) is 4.99 Å². The summed E-state index contributed by atoms with van der Waals surface area (Å²) in [6, 6.07) is 8.24. The molecule has 0 radical (unpaired) electrons. The average Bonchev–Trinajstić information content (AvgIpc) is 3.21. The number of benzene rings is 1. The molecule has 0 aromatic heterocycles. The van der Waals surface area contributed by atoms with Crippen molar-refractivity contribution in [2.24, 2.45) is 9.98 Å². The van der Waals surface area contributed by atoms with E-state index in [1.807, 2.05) is 0 Å². The number of amides is 2. The highest BCUT2D eigenvalue weighted by atomic mass is 35.5. The molecule has 1 aromatic rings. The van der Waals surface area contributed by atoms with Gasteiger partial charge < -0.3 is 25.0 Å². The van der Waals surface area contributed by atoms with Gasteiger partial charge in [-0.3, -0.25) is 25.2 Å². The van der Waals surface area contributed by atoms with Gasteiger partial charge in [0.2, 0.25) is 0 Å². The number of rotatable bonds is 4. The summed E-state index contributed by atoms with van der Waals surface area (Å²) < 4.78 is 5.58.